The van der Waals surface area contributed by atoms with Gasteiger partial charge in [0.2, 0.25) is 0 Å². The Hall–Kier alpha value is -0.400. The van der Waals surface area contributed by atoms with E-state index in [1.807, 2.05) is 6.92 Å². The molecule has 0 aliphatic heterocycles. The molecule has 0 saturated carbocycles. The summed E-state index contributed by atoms with van der Waals surface area (Å²) in [7, 11) is 0. The zero-order valence-electron chi connectivity index (χ0n) is 5.89. The fraction of sp³-hybridized carbons (Fsp3) is 1.00. The van der Waals surface area contributed by atoms with E-state index < -0.39 is 0 Å². The molecule has 0 aliphatic rings. The van der Waals surface area contributed by atoms with Gasteiger partial charge in [-0.3, -0.25) is 0 Å². The van der Waals surface area contributed by atoms with E-state index in [9.17, 15) is 0 Å². The molecule has 0 rings (SSSR count). The second-order valence-electron chi connectivity index (χ2n) is 2.18. The minimum atomic E-state index is 0.644. The summed E-state index contributed by atoms with van der Waals surface area (Å²) in [6.45, 7) is 7.94. The first kappa shape index (κ1) is 7.60. The lowest BCUT2D eigenvalue weighted by Crippen LogP contribution is -1.89. The lowest BCUT2D eigenvalue weighted by atomic mass is 10.2. The van der Waals surface area contributed by atoms with Crippen molar-refractivity contribution < 1.29 is 0 Å². The van der Waals surface area contributed by atoms with Crippen molar-refractivity contribution in [2.24, 2.45) is 16.1 Å². The first-order chi connectivity index (χ1) is 3.77. The highest BCUT2D eigenvalue weighted by atomic mass is 15.1. The van der Waals surface area contributed by atoms with Gasteiger partial charge in [-0.2, -0.15) is 10.2 Å². The topological polar surface area (TPSA) is 24.7 Å². The second kappa shape index (κ2) is 4.75. The van der Waals surface area contributed by atoms with Crippen molar-refractivity contribution >= 4 is 0 Å². The molecule has 2 heteroatoms. The van der Waals surface area contributed by atoms with E-state index in [1.165, 1.54) is 0 Å². The zero-order chi connectivity index (χ0) is 6.41. The standard InChI is InChI=1S/C6H14N2/c1-4-7-8-5-6(2)3/h6H,4-5H2,1-3H3. The van der Waals surface area contributed by atoms with Gasteiger partial charge in [0.1, 0.15) is 0 Å². The number of hydrogen-bond donors (Lipinski definition) is 0. The maximum atomic E-state index is 3.91. The van der Waals surface area contributed by atoms with Gasteiger partial charge in [-0.15, -0.1) is 0 Å². The van der Waals surface area contributed by atoms with Gasteiger partial charge in [-0.05, 0) is 12.8 Å². The lowest BCUT2D eigenvalue weighted by Gasteiger charge is -1.93. The van der Waals surface area contributed by atoms with Crippen LogP contribution in [0.2, 0.25) is 0 Å². The monoisotopic (exact) mass is 114 g/mol. The smallest absolute Gasteiger partial charge is 0.0621 e. The van der Waals surface area contributed by atoms with Crippen molar-refractivity contribution in [2.75, 3.05) is 13.1 Å². The summed E-state index contributed by atoms with van der Waals surface area (Å²) in [5.74, 6) is 0.644. The SMILES string of the molecule is CCN=NCC(C)C. The summed E-state index contributed by atoms with van der Waals surface area (Å²) in [4.78, 5) is 0. The van der Waals surface area contributed by atoms with Gasteiger partial charge in [0.05, 0.1) is 13.1 Å². The van der Waals surface area contributed by atoms with Crippen LogP contribution in [0.25, 0.3) is 0 Å². The molecule has 0 saturated heterocycles. The highest BCUT2D eigenvalue weighted by molar-refractivity contribution is 4.44. The quantitative estimate of drug-likeness (QED) is 0.502. The first-order valence-electron chi connectivity index (χ1n) is 3.10. The average molecular weight is 114 g/mol. The Balaban J connectivity index is 3.03. The van der Waals surface area contributed by atoms with Crippen molar-refractivity contribution in [3.63, 3.8) is 0 Å². The molecule has 0 aromatic carbocycles. The molecule has 2 nitrogen and oxygen atoms in total. The van der Waals surface area contributed by atoms with E-state index in [2.05, 4.69) is 24.1 Å². The zero-order valence-corrected chi connectivity index (χ0v) is 5.89. The fourth-order valence-corrected chi connectivity index (χ4v) is 0.321. The minimum absolute atomic E-state index is 0.644. The number of azo groups is 1. The number of rotatable bonds is 3. The summed E-state index contributed by atoms with van der Waals surface area (Å²) in [6, 6.07) is 0. The summed E-state index contributed by atoms with van der Waals surface area (Å²) in [5, 5.41) is 7.75. The van der Waals surface area contributed by atoms with Crippen molar-refractivity contribution in [1.82, 2.24) is 0 Å². The second-order valence-corrected chi connectivity index (χ2v) is 2.18. The van der Waals surface area contributed by atoms with Gasteiger partial charge in [0.15, 0.2) is 0 Å². The van der Waals surface area contributed by atoms with Gasteiger partial charge >= 0.3 is 0 Å². The Kier molecular flexibility index (Phi) is 4.51. The van der Waals surface area contributed by atoms with Gasteiger partial charge in [-0.1, -0.05) is 13.8 Å². The average Bonchev–Trinajstić information content (AvgIpc) is 1.66. The van der Waals surface area contributed by atoms with Crippen LogP contribution in [0.4, 0.5) is 0 Å². The van der Waals surface area contributed by atoms with Gasteiger partial charge in [0.25, 0.3) is 0 Å². The molecule has 8 heavy (non-hydrogen) atoms. The van der Waals surface area contributed by atoms with E-state index in [0.29, 0.717) is 5.92 Å². The van der Waals surface area contributed by atoms with E-state index in [0.717, 1.165) is 13.1 Å². The van der Waals surface area contributed by atoms with Crippen molar-refractivity contribution in [3.05, 3.63) is 0 Å². The third kappa shape index (κ3) is 5.60. The van der Waals surface area contributed by atoms with Crippen LogP contribution in [-0.4, -0.2) is 13.1 Å². The molecular weight excluding hydrogens is 100 g/mol. The molecule has 0 aromatic rings. The van der Waals surface area contributed by atoms with E-state index >= 15 is 0 Å². The molecule has 0 spiro atoms. The van der Waals surface area contributed by atoms with Crippen LogP contribution >= 0.6 is 0 Å². The van der Waals surface area contributed by atoms with E-state index in [1.54, 1.807) is 0 Å². The molecule has 0 fully saturated rings. The summed E-state index contributed by atoms with van der Waals surface area (Å²) < 4.78 is 0. The predicted molar refractivity (Wildman–Crippen MR) is 35.1 cm³/mol. The Morgan fingerprint density at radius 3 is 2.25 bits per heavy atom. The van der Waals surface area contributed by atoms with Crippen molar-refractivity contribution in [1.29, 1.82) is 0 Å². The maximum Gasteiger partial charge on any atom is 0.0621 e. The molecule has 0 amide bonds. The summed E-state index contributed by atoms with van der Waals surface area (Å²) in [5.41, 5.74) is 0. The third-order valence-corrected chi connectivity index (χ3v) is 0.688. The third-order valence-electron chi connectivity index (χ3n) is 0.688. The predicted octanol–water partition coefficient (Wildman–Crippen LogP) is 2.11. The number of nitrogens with zero attached hydrogens (tertiary/aromatic N) is 2. The van der Waals surface area contributed by atoms with Crippen molar-refractivity contribution in [2.45, 2.75) is 20.8 Å². The molecule has 0 bridgehead atoms. The highest BCUT2D eigenvalue weighted by Gasteiger charge is 1.86. The van der Waals surface area contributed by atoms with Crippen LogP contribution in [-0.2, 0) is 0 Å². The Labute approximate surface area is 51.0 Å². The molecule has 0 atom stereocenters. The van der Waals surface area contributed by atoms with Gasteiger partial charge < -0.3 is 0 Å². The summed E-state index contributed by atoms with van der Waals surface area (Å²) in [6.07, 6.45) is 0. The van der Waals surface area contributed by atoms with Gasteiger partial charge in [0, 0.05) is 0 Å². The normalized spacial score (nSPS) is 11.5. The Bertz CT molecular complexity index is 66.9. The Morgan fingerprint density at radius 2 is 1.88 bits per heavy atom. The largest absolute Gasteiger partial charge is 0.194 e. The maximum absolute atomic E-state index is 3.91. The molecule has 0 heterocycles. The fourth-order valence-electron chi connectivity index (χ4n) is 0.321. The van der Waals surface area contributed by atoms with Crippen LogP contribution < -0.4 is 0 Å². The molecular formula is C6H14N2. The van der Waals surface area contributed by atoms with Crippen LogP contribution in [0.1, 0.15) is 20.8 Å². The summed E-state index contributed by atoms with van der Waals surface area (Å²) >= 11 is 0. The molecule has 0 N–H and O–H groups in total. The van der Waals surface area contributed by atoms with Crippen LogP contribution in [0.15, 0.2) is 10.2 Å². The van der Waals surface area contributed by atoms with Crippen LogP contribution in [0, 0.1) is 5.92 Å². The molecule has 0 aromatic heterocycles. The molecule has 48 valence electrons. The van der Waals surface area contributed by atoms with E-state index in [4.69, 9.17) is 0 Å². The lowest BCUT2D eigenvalue weighted by molar-refractivity contribution is 0.638. The van der Waals surface area contributed by atoms with E-state index in [-0.39, 0.29) is 0 Å². The number of hydrogen-bond acceptors (Lipinski definition) is 2. The first-order valence-corrected chi connectivity index (χ1v) is 3.10. The van der Waals surface area contributed by atoms with Crippen LogP contribution in [0.3, 0.4) is 0 Å². The minimum Gasteiger partial charge on any atom is -0.194 e. The van der Waals surface area contributed by atoms with Gasteiger partial charge in [-0.25, -0.2) is 0 Å². The molecule has 0 unspecified atom stereocenters. The molecule has 0 aliphatic carbocycles. The van der Waals surface area contributed by atoms with Crippen molar-refractivity contribution in [3.8, 4) is 0 Å². The molecule has 0 radical (unpaired) electrons. The Morgan fingerprint density at radius 1 is 1.25 bits per heavy atom. The van der Waals surface area contributed by atoms with Crippen LogP contribution in [0.5, 0.6) is 0 Å². The highest BCUT2D eigenvalue weighted by Crippen LogP contribution is 1.91.